The van der Waals surface area contributed by atoms with E-state index in [4.69, 9.17) is 4.42 Å². The molecule has 1 aromatic carbocycles. The van der Waals surface area contributed by atoms with Crippen molar-refractivity contribution in [3.05, 3.63) is 34.5 Å². The first-order chi connectivity index (χ1) is 9.60. The molecule has 2 nitrogen and oxygen atoms in total. The van der Waals surface area contributed by atoms with E-state index in [0.29, 0.717) is 6.04 Å². The summed E-state index contributed by atoms with van der Waals surface area (Å²) in [7, 11) is 0. The van der Waals surface area contributed by atoms with E-state index in [-0.39, 0.29) is 6.04 Å². The number of benzene rings is 1. The van der Waals surface area contributed by atoms with Crippen molar-refractivity contribution < 1.29 is 4.42 Å². The molecule has 2 atom stereocenters. The molecular formula is C17H24BrNO. The number of hydrogen-bond acceptors (Lipinski definition) is 2. The molecule has 0 aliphatic heterocycles. The zero-order valence-electron chi connectivity index (χ0n) is 12.6. The summed E-state index contributed by atoms with van der Waals surface area (Å²) < 4.78 is 7.02. The van der Waals surface area contributed by atoms with Crippen molar-refractivity contribution in [3.63, 3.8) is 0 Å². The van der Waals surface area contributed by atoms with Gasteiger partial charge in [-0.3, -0.25) is 0 Å². The average molecular weight is 338 g/mol. The largest absolute Gasteiger partial charge is 0.459 e. The quantitative estimate of drug-likeness (QED) is 0.644. The summed E-state index contributed by atoms with van der Waals surface area (Å²) in [5.41, 5.74) is 0.954. The van der Waals surface area contributed by atoms with Crippen LogP contribution in [0, 0.1) is 0 Å². The standard InChI is InChI=1S/C17H24BrNO/c1-4-5-6-7-12(2)19-13(3)17-11-14-10-15(18)8-9-16(14)20-17/h8-13,19H,4-7H2,1-3H3. The van der Waals surface area contributed by atoms with E-state index in [9.17, 15) is 0 Å². The average Bonchev–Trinajstić information content (AvgIpc) is 2.82. The van der Waals surface area contributed by atoms with E-state index in [1.165, 1.54) is 25.7 Å². The van der Waals surface area contributed by atoms with Gasteiger partial charge in [0.2, 0.25) is 0 Å². The lowest BCUT2D eigenvalue weighted by atomic mass is 10.1. The summed E-state index contributed by atoms with van der Waals surface area (Å²) in [6.07, 6.45) is 5.12. The molecule has 0 radical (unpaired) electrons. The highest BCUT2D eigenvalue weighted by Crippen LogP contribution is 2.26. The van der Waals surface area contributed by atoms with Crippen molar-refractivity contribution in [1.29, 1.82) is 0 Å². The van der Waals surface area contributed by atoms with Crippen molar-refractivity contribution in [2.75, 3.05) is 0 Å². The van der Waals surface area contributed by atoms with Crippen LogP contribution in [-0.2, 0) is 0 Å². The first-order valence-corrected chi connectivity index (χ1v) is 8.34. The highest BCUT2D eigenvalue weighted by molar-refractivity contribution is 9.10. The van der Waals surface area contributed by atoms with E-state index in [1.54, 1.807) is 0 Å². The monoisotopic (exact) mass is 337 g/mol. The highest BCUT2D eigenvalue weighted by atomic mass is 79.9. The van der Waals surface area contributed by atoms with Gasteiger partial charge in [0.15, 0.2) is 0 Å². The van der Waals surface area contributed by atoms with E-state index < -0.39 is 0 Å². The molecule has 0 saturated heterocycles. The maximum Gasteiger partial charge on any atom is 0.134 e. The van der Waals surface area contributed by atoms with Gasteiger partial charge in [0, 0.05) is 15.9 Å². The Morgan fingerprint density at radius 1 is 1.20 bits per heavy atom. The number of nitrogens with one attached hydrogen (secondary N) is 1. The van der Waals surface area contributed by atoms with Crippen molar-refractivity contribution in [2.45, 2.75) is 58.5 Å². The maximum absolute atomic E-state index is 5.93. The van der Waals surface area contributed by atoms with E-state index >= 15 is 0 Å². The zero-order valence-corrected chi connectivity index (χ0v) is 14.2. The van der Waals surface area contributed by atoms with Crippen LogP contribution >= 0.6 is 15.9 Å². The summed E-state index contributed by atoms with van der Waals surface area (Å²) in [6, 6.07) is 9.03. The van der Waals surface area contributed by atoms with Gasteiger partial charge in [-0.2, -0.15) is 0 Å². The third kappa shape index (κ3) is 4.10. The van der Waals surface area contributed by atoms with Crippen LogP contribution in [0.3, 0.4) is 0 Å². The Morgan fingerprint density at radius 3 is 2.75 bits per heavy atom. The van der Waals surface area contributed by atoms with Crippen LogP contribution < -0.4 is 5.32 Å². The van der Waals surface area contributed by atoms with Crippen LogP contribution in [0.15, 0.2) is 33.2 Å². The van der Waals surface area contributed by atoms with Crippen molar-refractivity contribution in [1.82, 2.24) is 5.32 Å². The second kappa shape index (κ2) is 7.28. The Hall–Kier alpha value is -0.800. The summed E-state index contributed by atoms with van der Waals surface area (Å²) in [4.78, 5) is 0. The van der Waals surface area contributed by atoms with Crippen LogP contribution in [0.2, 0.25) is 0 Å². The first kappa shape index (κ1) is 15.6. The molecule has 0 bridgehead atoms. The summed E-state index contributed by atoms with van der Waals surface area (Å²) >= 11 is 3.50. The van der Waals surface area contributed by atoms with Crippen LogP contribution in [0.4, 0.5) is 0 Å². The van der Waals surface area contributed by atoms with Gasteiger partial charge in [-0.05, 0) is 44.5 Å². The molecule has 110 valence electrons. The van der Waals surface area contributed by atoms with Gasteiger partial charge in [0.1, 0.15) is 11.3 Å². The number of halogens is 1. The third-order valence-electron chi connectivity index (χ3n) is 3.70. The topological polar surface area (TPSA) is 25.2 Å². The number of fused-ring (bicyclic) bond motifs is 1. The van der Waals surface area contributed by atoms with Gasteiger partial charge in [0.05, 0.1) is 6.04 Å². The molecule has 0 amide bonds. The summed E-state index contributed by atoms with van der Waals surface area (Å²) in [5.74, 6) is 1.01. The van der Waals surface area contributed by atoms with Crippen LogP contribution in [0.1, 0.15) is 58.3 Å². The summed E-state index contributed by atoms with van der Waals surface area (Å²) in [6.45, 7) is 6.67. The second-order valence-electron chi connectivity index (χ2n) is 5.62. The molecule has 2 unspecified atom stereocenters. The van der Waals surface area contributed by atoms with Crippen LogP contribution in [-0.4, -0.2) is 6.04 Å². The van der Waals surface area contributed by atoms with Gasteiger partial charge in [-0.1, -0.05) is 42.1 Å². The maximum atomic E-state index is 5.93. The molecule has 1 N–H and O–H groups in total. The second-order valence-corrected chi connectivity index (χ2v) is 6.53. The molecule has 0 aliphatic carbocycles. The first-order valence-electron chi connectivity index (χ1n) is 7.55. The fourth-order valence-electron chi connectivity index (χ4n) is 2.54. The van der Waals surface area contributed by atoms with Gasteiger partial charge in [-0.25, -0.2) is 0 Å². The number of rotatable bonds is 7. The molecule has 0 spiro atoms. The number of hydrogen-bond donors (Lipinski definition) is 1. The molecule has 0 aliphatic rings. The van der Waals surface area contributed by atoms with Gasteiger partial charge in [0.25, 0.3) is 0 Å². The van der Waals surface area contributed by atoms with E-state index in [1.807, 2.05) is 12.1 Å². The Kier molecular flexibility index (Phi) is 5.67. The summed E-state index contributed by atoms with van der Waals surface area (Å²) in [5, 5.41) is 4.78. The molecule has 20 heavy (non-hydrogen) atoms. The fourth-order valence-corrected chi connectivity index (χ4v) is 2.92. The molecule has 1 aromatic heterocycles. The Morgan fingerprint density at radius 2 is 2.00 bits per heavy atom. The smallest absolute Gasteiger partial charge is 0.134 e. The van der Waals surface area contributed by atoms with Crippen molar-refractivity contribution in [3.8, 4) is 0 Å². The normalized spacial score (nSPS) is 14.6. The minimum atomic E-state index is 0.248. The molecule has 0 fully saturated rings. The molecule has 2 aromatic rings. The van der Waals surface area contributed by atoms with Gasteiger partial charge < -0.3 is 9.73 Å². The van der Waals surface area contributed by atoms with Crippen LogP contribution in [0.5, 0.6) is 0 Å². The lowest BCUT2D eigenvalue weighted by Crippen LogP contribution is -2.28. The predicted octanol–water partition coefficient (Wildman–Crippen LogP) is 5.81. The molecular weight excluding hydrogens is 314 g/mol. The SMILES string of the molecule is CCCCCC(C)NC(C)c1cc2cc(Br)ccc2o1. The number of unbranched alkanes of at least 4 members (excludes halogenated alkanes) is 2. The minimum absolute atomic E-state index is 0.248. The predicted molar refractivity (Wildman–Crippen MR) is 89.1 cm³/mol. The zero-order chi connectivity index (χ0) is 14.5. The van der Waals surface area contributed by atoms with Gasteiger partial charge >= 0.3 is 0 Å². The highest BCUT2D eigenvalue weighted by Gasteiger charge is 2.14. The molecule has 1 heterocycles. The van der Waals surface area contributed by atoms with E-state index in [2.05, 4.69) is 54.2 Å². The van der Waals surface area contributed by atoms with Crippen LogP contribution in [0.25, 0.3) is 11.0 Å². The Balaban J connectivity index is 1.98. The number of furan rings is 1. The lowest BCUT2D eigenvalue weighted by molar-refractivity contribution is 0.392. The molecule has 0 saturated carbocycles. The Bertz CT molecular complexity index is 549. The van der Waals surface area contributed by atoms with E-state index in [0.717, 1.165) is 21.2 Å². The molecule has 3 heteroatoms. The van der Waals surface area contributed by atoms with Crippen molar-refractivity contribution in [2.24, 2.45) is 0 Å². The Labute approximate surface area is 130 Å². The fraction of sp³-hybridized carbons (Fsp3) is 0.529. The molecule has 2 rings (SSSR count). The lowest BCUT2D eigenvalue weighted by Gasteiger charge is -2.18. The third-order valence-corrected chi connectivity index (χ3v) is 4.19. The van der Waals surface area contributed by atoms with Gasteiger partial charge in [-0.15, -0.1) is 0 Å². The minimum Gasteiger partial charge on any atom is -0.459 e. The van der Waals surface area contributed by atoms with Crippen molar-refractivity contribution >= 4 is 26.9 Å².